The molecule has 0 radical (unpaired) electrons. The quantitative estimate of drug-likeness (QED) is 0.610. The fourth-order valence-electron chi connectivity index (χ4n) is 0.492. The Bertz CT molecular complexity index is 230. The smallest absolute Gasteiger partial charge is 0.249 e. The van der Waals surface area contributed by atoms with E-state index in [1.807, 2.05) is 0 Å². The van der Waals surface area contributed by atoms with E-state index >= 15 is 0 Å². The second kappa shape index (κ2) is 2.43. The van der Waals surface area contributed by atoms with Crippen LogP contribution in [0.1, 0.15) is 9.88 Å². The number of aryl methyl sites for hydroxylation is 1. The van der Waals surface area contributed by atoms with Crippen molar-refractivity contribution in [1.82, 2.24) is 4.98 Å². The highest BCUT2D eigenvalue weighted by Gasteiger charge is 2.29. The lowest BCUT2D eigenvalue weighted by molar-refractivity contribution is 0.0991. The molecule has 0 unspecified atom stereocenters. The van der Waals surface area contributed by atoms with E-state index in [1.54, 1.807) is 6.92 Å². The van der Waals surface area contributed by atoms with Crippen molar-refractivity contribution in [3.05, 3.63) is 16.1 Å². The Morgan fingerprint density at radius 1 is 1.70 bits per heavy atom. The Balaban J connectivity index is 2.96. The molecule has 1 rings (SSSR count). The molecule has 0 saturated heterocycles. The molecule has 1 nitrogen and oxygen atoms in total. The van der Waals surface area contributed by atoms with Crippen molar-refractivity contribution < 1.29 is 8.78 Å². The molecular formula is C5H4ClF2NS. The van der Waals surface area contributed by atoms with Crippen molar-refractivity contribution >= 4 is 22.9 Å². The van der Waals surface area contributed by atoms with Gasteiger partial charge in [-0.25, -0.2) is 4.98 Å². The zero-order valence-corrected chi connectivity index (χ0v) is 6.64. The molecular weight excluding hydrogens is 180 g/mol. The standard InChI is InChI=1S/C5H4ClF2NS/c1-3-9-2-4(10-3)5(6,7)8/h2H,1H3. The molecule has 5 heteroatoms. The van der Waals surface area contributed by atoms with Crippen molar-refractivity contribution in [2.45, 2.75) is 12.3 Å². The van der Waals surface area contributed by atoms with Gasteiger partial charge in [-0.15, -0.1) is 11.3 Å². The van der Waals surface area contributed by atoms with Crippen LogP contribution in [0.5, 0.6) is 0 Å². The molecule has 1 aromatic heterocycles. The molecule has 0 aliphatic rings. The Labute approximate surface area is 65.7 Å². The topological polar surface area (TPSA) is 12.9 Å². The number of alkyl halides is 3. The Hall–Kier alpha value is -0.220. The average Bonchev–Trinajstić information content (AvgIpc) is 2.11. The number of rotatable bonds is 1. The molecule has 0 spiro atoms. The predicted molar refractivity (Wildman–Crippen MR) is 36.6 cm³/mol. The molecule has 0 bridgehead atoms. The highest BCUT2D eigenvalue weighted by atomic mass is 35.5. The van der Waals surface area contributed by atoms with E-state index in [0.717, 1.165) is 17.5 Å². The van der Waals surface area contributed by atoms with Crippen LogP contribution in [0.25, 0.3) is 0 Å². The highest BCUT2D eigenvalue weighted by molar-refractivity contribution is 7.11. The molecule has 1 aromatic rings. The van der Waals surface area contributed by atoms with Crippen molar-refractivity contribution in [2.24, 2.45) is 0 Å². The van der Waals surface area contributed by atoms with Crippen LogP contribution in [0.4, 0.5) is 8.78 Å². The highest BCUT2D eigenvalue weighted by Crippen LogP contribution is 2.35. The van der Waals surface area contributed by atoms with E-state index in [9.17, 15) is 8.78 Å². The number of halogens is 3. The minimum absolute atomic E-state index is 0.202. The van der Waals surface area contributed by atoms with Gasteiger partial charge in [-0.05, 0) is 18.5 Å². The average molecular weight is 184 g/mol. The first-order valence-electron chi connectivity index (χ1n) is 2.50. The first kappa shape index (κ1) is 7.88. The van der Waals surface area contributed by atoms with Crippen molar-refractivity contribution in [2.75, 3.05) is 0 Å². The summed E-state index contributed by atoms with van der Waals surface area (Å²) >= 11 is 5.61. The SMILES string of the molecule is Cc1ncc(C(F)(F)Cl)s1. The van der Waals surface area contributed by atoms with Gasteiger partial charge in [-0.2, -0.15) is 8.78 Å². The van der Waals surface area contributed by atoms with Gasteiger partial charge >= 0.3 is 5.38 Å². The van der Waals surface area contributed by atoms with Gasteiger partial charge in [0.2, 0.25) is 0 Å². The maximum atomic E-state index is 12.2. The van der Waals surface area contributed by atoms with Crippen LogP contribution in [0, 0.1) is 6.92 Å². The van der Waals surface area contributed by atoms with Gasteiger partial charge < -0.3 is 0 Å². The molecule has 0 aromatic carbocycles. The summed E-state index contributed by atoms with van der Waals surface area (Å²) in [6, 6.07) is 0. The van der Waals surface area contributed by atoms with Gasteiger partial charge in [-0.3, -0.25) is 0 Å². The Morgan fingerprint density at radius 3 is 2.50 bits per heavy atom. The van der Waals surface area contributed by atoms with Crippen LogP contribution in [0.3, 0.4) is 0 Å². The summed E-state index contributed by atoms with van der Waals surface area (Å²) in [4.78, 5) is 3.43. The number of nitrogens with zero attached hydrogens (tertiary/aromatic N) is 1. The molecule has 10 heavy (non-hydrogen) atoms. The molecule has 0 atom stereocenters. The lowest BCUT2D eigenvalue weighted by Crippen LogP contribution is -1.98. The number of thiazole rings is 1. The van der Waals surface area contributed by atoms with E-state index in [0.29, 0.717) is 5.01 Å². The van der Waals surface area contributed by atoms with E-state index < -0.39 is 5.38 Å². The number of hydrogen-bond donors (Lipinski definition) is 0. The van der Waals surface area contributed by atoms with E-state index in [2.05, 4.69) is 4.98 Å². The third kappa shape index (κ3) is 1.64. The molecule has 0 saturated carbocycles. The summed E-state index contributed by atoms with van der Waals surface area (Å²) in [5, 5.41) is -2.67. The largest absolute Gasteiger partial charge is 0.358 e. The van der Waals surface area contributed by atoms with E-state index in [-0.39, 0.29) is 4.88 Å². The Morgan fingerprint density at radius 2 is 2.30 bits per heavy atom. The summed E-state index contributed by atoms with van der Waals surface area (Å²) in [7, 11) is 0. The molecule has 0 amide bonds. The maximum absolute atomic E-state index is 12.2. The molecule has 0 aliphatic heterocycles. The fourth-order valence-corrected chi connectivity index (χ4v) is 1.30. The summed E-state index contributed by atoms with van der Waals surface area (Å²) < 4.78 is 24.4. The first-order chi connectivity index (χ1) is 4.50. The van der Waals surface area contributed by atoms with Gasteiger partial charge in [0.05, 0.1) is 5.01 Å². The third-order valence-corrected chi connectivity index (χ3v) is 2.20. The lowest BCUT2D eigenvalue weighted by atomic mass is 10.6. The summed E-state index contributed by atoms with van der Waals surface area (Å²) in [5.74, 6) is 0. The van der Waals surface area contributed by atoms with E-state index in [1.165, 1.54) is 0 Å². The zero-order chi connectivity index (χ0) is 7.78. The molecule has 0 N–H and O–H groups in total. The van der Waals surface area contributed by atoms with Crippen LogP contribution in [0.2, 0.25) is 0 Å². The summed E-state index contributed by atoms with van der Waals surface area (Å²) in [5.41, 5.74) is 0. The van der Waals surface area contributed by atoms with Crippen molar-refractivity contribution in [1.29, 1.82) is 0 Å². The minimum Gasteiger partial charge on any atom is -0.249 e. The second-order valence-corrected chi connectivity index (χ2v) is 3.45. The second-order valence-electron chi connectivity index (χ2n) is 1.74. The van der Waals surface area contributed by atoms with Gasteiger partial charge in [0.1, 0.15) is 4.88 Å². The normalized spacial score (nSPS) is 12.0. The molecule has 0 fully saturated rings. The molecule has 56 valence electrons. The van der Waals surface area contributed by atoms with Crippen LogP contribution < -0.4 is 0 Å². The molecule has 1 heterocycles. The monoisotopic (exact) mass is 183 g/mol. The summed E-state index contributed by atoms with van der Waals surface area (Å²) in [6.07, 6.45) is 1.09. The van der Waals surface area contributed by atoms with Crippen LogP contribution in [-0.4, -0.2) is 4.98 Å². The number of hydrogen-bond acceptors (Lipinski definition) is 2. The Kier molecular flexibility index (Phi) is 1.92. The third-order valence-electron chi connectivity index (χ3n) is 0.901. The van der Waals surface area contributed by atoms with Crippen molar-refractivity contribution in [3.8, 4) is 0 Å². The van der Waals surface area contributed by atoms with Crippen LogP contribution >= 0.6 is 22.9 Å². The minimum atomic E-state index is -3.26. The fraction of sp³-hybridized carbons (Fsp3) is 0.400. The van der Waals surface area contributed by atoms with E-state index in [4.69, 9.17) is 11.6 Å². The van der Waals surface area contributed by atoms with Crippen LogP contribution in [0.15, 0.2) is 6.20 Å². The van der Waals surface area contributed by atoms with Gasteiger partial charge in [0.15, 0.2) is 0 Å². The zero-order valence-electron chi connectivity index (χ0n) is 5.07. The van der Waals surface area contributed by atoms with Crippen LogP contribution in [-0.2, 0) is 5.38 Å². The van der Waals surface area contributed by atoms with Gasteiger partial charge in [0.25, 0.3) is 0 Å². The van der Waals surface area contributed by atoms with Gasteiger partial charge in [0, 0.05) is 6.20 Å². The predicted octanol–water partition coefficient (Wildman–Crippen LogP) is 2.74. The lowest BCUT2D eigenvalue weighted by Gasteiger charge is -2.00. The first-order valence-corrected chi connectivity index (χ1v) is 3.69. The van der Waals surface area contributed by atoms with Crippen molar-refractivity contribution in [3.63, 3.8) is 0 Å². The molecule has 0 aliphatic carbocycles. The number of aromatic nitrogens is 1. The van der Waals surface area contributed by atoms with Gasteiger partial charge in [-0.1, -0.05) is 0 Å². The maximum Gasteiger partial charge on any atom is 0.358 e. The summed E-state index contributed by atoms with van der Waals surface area (Å²) in [6.45, 7) is 1.65.